The van der Waals surface area contributed by atoms with Crippen LogP contribution < -0.4 is 0 Å². The molecule has 4 heteroatoms. The molecule has 1 heterocycles. The van der Waals surface area contributed by atoms with Gasteiger partial charge in [0, 0.05) is 26.2 Å². The van der Waals surface area contributed by atoms with Crippen molar-refractivity contribution >= 4 is 6.41 Å². The minimum atomic E-state index is 0.189. The molecule has 0 atom stereocenters. The van der Waals surface area contributed by atoms with E-state index < -0.39 is 0 Å². The SMILES string of the molecule is C=C(O)CN1CCN(C=O)CC1. The van der Waals surface area contributed by atoms with Gasteiger partial charge in [-0.1, -0.05) is 6.58 Å². The Morgan fingerprint density at radius 1 is 1.42 bits per heavy atom. The average Bonchev–Trinajstić information content (AvgIpc) is 2.05. The molecular formula is C8H14N2O2. The zero-order chi connectivity index (χ0) is 8.97. The van der Waals surface area contributed by atoms with E-state index in [2.05, 4.69) is 11.5 Å². The number of hydrogen-bond acceptors (Lipinski definition) is 3. The van der Waals surface area contributed by atoms with Gasteiger partial charge in [-0.3, -0.25) is 9.69 Å². The quantitative estimate of drug-likeness (QED) is 0.472. The van der Waals surface area contributed by atoms with Crippen LogP contribution in [0.2, 0.25) is 0 Å². The number of aliphatic hydroxyl groups is 1. The highest BCUT2D eigenvalue weighted by molar-refractivity contribution is 5.47. The van der Waals surface area contributed by atoms with Crippen LogP contribution >= 0.6 is 0 Å². The monoisotopic (exact) mass is 170 g/mol. The summed E-state index contributed by atoms with van der Waals surface area (Å²) in [6.45, 7) is 7.07. The standard InChI is InChI=1S/C8H14N2O2/c1-8(12)6-9-2-4-10(7-11)5-3-9/h7,12H,1-6H2. The van der Waals surface area contributed by atoms with E-state index in [4.69, 9.17) is 5.11 Å². The molecule has 0 aromatic heterocycles. The highest BCUT2D eigenvalue weighted by atomic mass is 16.3. The molecule has 1 amide bonds. The maximum Gasteiger partial charge on any atom is 0.209 e. The minimum absolute atomic E-state index is 0.189. The Labute approximate surface area is 72.1 Å². The Morgan fingerprint density at radius 2 is 2.00 bits per heavy atom. The van der Waals surface area contributed by atoms with E-state index in [1.54, 1.807) is 4.90 Å². The molecule has 0 aliphatic carbocycles. The highest BCUT2D eigenvalue weighted by Gasteiger charge is 2.14. The van der Waals surface area contributed by atoms with Crippen LogP contribution in [0.5, 0.6) is 0 Å². The number of piperazine rings is 1. The Balaban J connectivity index is 2.26. The van der Waals surface area contributed by atoms with Gasteiger partial charge in [0.05, 0.1) is 12.3 Å². The maximum absolute atomic E-state index is 10.3. The first-order valence-corrected chi connectivity index (χ1v) is 4.01. The summed E-state index contributed by atoms with van der Waals surface area (Å²) in [5.74, 6) is 0.189. The molecular weight excluding hydrogens is 156 g/mol. The third-order valence-corrected chi connectivity index (χ3v) is 1.96. The molecule has 1 aliphatic rings. The second kappa shape index (κ2) is 4.11. The van der Waals surface area contributed by atoms with Gasteiger partial charge >= 0.3 is 0 Å². The first-order chi connectivity index (χ1) is 5.72. The van der Waals surface area contributed by atoms with E-state index in [-0.39, 0.29) is 5.76 Å². The summed E-state index contributed by atoms with van der Waals surface area (Å²) in [5, 5.41) is 8.91. The number of nitrogens with zero attached hydrogens (tertiary/aromatic N) is 2. The van der Waals surface area contributed by atoms with Crippen LogP contribution in [0.25, 0.3) is 0 Å². The van der Waals surface area contributed by atoms with E-state index in [1.165, 1.54) is 0 Å². The Bertz CT molecular complexity index is 174. The molecule has 1 rings (SSSR count). The molecule has 1 N–H and O–H groups in total. The van der Waals surface area contributed by atoms with E-state index in [0.717, 1.165) is 32.6 Å². The molecule has 1 fully saturated rings. The Hall–Kier alpha value is -1.03. The van der Waals surface area contributed by atoms with Gasteiger partial charge in [0.1, 0.15) is 0 Å². The smallest absolute Gasteiger partial charge is 0.209 e. The lowest BCUT2D eigenvalue weighted by molar-refractivity contribution is -0.119. The summed E-state index contributed by atoms with van der Waals surface area (Å²) >= 11 is 0. The van der Waals surface area contributed by atoms with Crippen molar-refractivity contribution in [1.29, 1.82) is 0 Å². The summed E-state index contributed by atoms with van der Waals surface area (Å²) in [5.41, 5.74) is 0. The van der Waals surface area contributed by atoms with Crippen LogP contribution in [0.15, 0.2) is 12.3 Å². The van der Waals surface area contributed by atoms with Gasteiger partial charge in [-0.25, -0.2) is 0 Å². The van der Waals surface area contributed by atoms with Crippen LogP contribution in [0.3, 0.4) is 0 Å². The van der Waals surface area contributed by atoms with Gasteiger partial charge in [0.15, 0.2) is 0 Å². The highest BCUT2D eigenvalue weighted by Crippen LogP contribution is 2.00. The Morgan fingerprint density at radius 3 is 2.42 bits per heavy atom. The fraction of sp³-hybridized carbons (Fsp3) is 0.625. The molecule has 12 heavy (non-hydrogen) atoms. The predicted octanol–water partition coefficient (Wildman–Crippen LogP) is -0.168. The second-order valence-electron chi connectivity index (χ2n) is 2.98. The van der Waals surface area contributed by atoms with Crippen LogP contribution in [-0.2, 0) is 4.79 Å². The number of amides is 1. The van der Waals surface area contributed by atoms with Crippen molar-refractivity contribution in [2.75, 3.05) is 32.7 Å². The molecule has 1 aliphatic heterocycles. The first kappa shape index (κ1) is 9.06. The molecule has 0 aromatic carbocycles. The fourth-order valence-electron chi connectivity index (χ4n) is 1.28. The summed E-state index contributed by atoms with van der Waals surface area (Å²) in [7, 11) is 0. The third kappa shape index (κ3) is 2.54. The predicted molar refractivity (Wildman–Crippen MR) is 45.8 cm³/mol. The van der Waals surface area contributed by atoms with Crippen molar-refractivity contribution in [3.8, 4) is 0 Å². The second-order valence-corrected chi connectivity index (χ2v) is 2.98. The minimum Gasteiger partial charge on any atom is -0.512 e. The summed E-state index contributed by atoms with van der Waals surface area (Å²) in [6, 6.07) is 0. The average molecular weight is 170 g/mol. The Kier molecular flexibility index (Phi) is 3.10. The zero-order valence-electron chi connectivity index (χ0n) is 7.07. The molecule has 4 nitrogen and oxygen atoms in total. The fourth-order valence-corrected chi connectivity index (χ4v) is 1.28. The number of hydrogen-bond donors (Lipinski definition) is 1. The molecule has 0 saturated carbocycles. The van der Waals surface area contributed by atoms with Crippen molar-refractivity contribution < 1.29 is 9.90 Å². The summed E-state index contributed by atoms with van der Waals surface area (Å²) in [6.07, 6.45) is 0.866. The van der Waals surface area contributed by atoms with Gasteiger partial charge < -0.3 is 10.0 Å². The maximum atomic E-state index is 10.3. The van der Waals surface area contributed by atoms with E-state index in [1.807, 2.05) is 0 Å². The van der Waals surface area contributed by atoms with Crippen molar-refractivity contribution in [1.82, 2.24) is 9.80 Å². The summed E-state index contributed by atoms with van der Waals surface area (Å²) < 4.78 is 0. The van der Waals surface area contributed by atoms with E-state index >= 15 is 0 Å². The van der Waals surface area contributed by atoms with Gasteiger partial charge in [-0.05, 0) is 0 Å². The molecule has 0 unspecified atom stereocenters. The number of rotatable bonds is 3. The van der Waals surface area contributed by atoms with Crippen molar-refractivity contribution in [3.05, 3.63) is 12.3 Å². The molecule has 1 saturated heterocycles. The lowest BCUT2D eigenvalue weighted by Crippen LogP contribution is -2.46. The van der Waals surface area contributed by atoms with Gasteiger partial charge in [0.2, 0.25) is 6.41 Å². The number of carbonyl (C=O) groups excluding carboxylic acids is 1. The topological polar surface area (TPSA) is 43.8 Å². The van der Waals surface area contributed by atoms with E-state index in [9.17, 15) is 4.79 Å². The van der Waals surface area contributed by atoms with Crippen molar-refractivity contribution in [2.45, 2.75) is 0 Å². The molecule has 0 aromatic rings. The molecule has 0 radical (unpaired) electrons. The summed E-state index contributed by atoms with van der Waals surface area (Å²) in [4.78, 5) is 14.1. The lowest BCUT2D eigenvalue weighted by atomic mass is 10.3. The third-order valence-electron chi connectivity index (χ3n) is 1.96. The molecule has 0 bridgehead atoms. The number of aliphatic hydroxyl groups excluding tert-OH is 1. The van der Waals surface area contributed by atoms with Crippen molar-refractivity contribution in [2.24, 2.45) is 0 Å². The number of carbonyl (C=O) groups is 1. The van der Waals surface area contributed by atoms with Crippen LogP contribution in [0, 0.1) is 0 Å². The molecule has 0 spiro atoms. The van der Waals surface area contributed by atoms with Crippen molar-refractivity contribution in [3.63, 3.8) is 0 Å². The zero-order valence-corrected chi connectivity index (χ0v) is 7.07. The first-order valence-electron chi connectivity index (χ1n) is 4.01. The normalized spacial score (nSPS) is 19.2. The molecule has 68 valence electrons. The lowest BCUT2D eigenvalue weighted by Gasteiger charge is -2.31. The largest absolute Gasteiger partial charge is 0.512 e. The van der Waals surface area contributed by atoms with Gasteiger partial charge in [0.25, 0.3) is 0 Å². The van der Waals surface area contributed by atoms with Gasteiger partial charge in [-0.15, -0.1) is 0 Å². The van der Waals surface area contributed by atoms with Crippen LogP contribution in [0.1, 0.15) is 0 Å². The van der Waals surface area contributed by atoms with Gasteiger partial charge in [-0.2, -0.15) is 0 Å². The van der Waals surface area contributed by atoms with Crippen LogP contribution in [0.4, 0.5) is 0 Å². The van der Waals surface area contributed by atoms with E-state index in [0.29, 0.717) is 6.54 Å². The van der Waals surface area contributed by atoms with Crippen LogP contribution in [-0.4, -0.2) is 54.0 Å².